The fourth-order valence-electron chi connectivity index (χ4n) is 3.89. The Labute approximate surface area is 313 Å². The molecule has 54 heavy (non-hydrogen) atoms. The highest BCUT2D eigenvalue weighted by atomic mass is 16.6. The highest BCUT2D eigenvalue weighted by Gasteiger charge is 2.38. The quantitative estimate of drug-likeness (QED) is 0.0481. The monoisotopic (exact) mass is 763 g/mol. The maximum atomic E-state index is 12.5. The van der Waals surface area contributed by atoms with Gasteiger partial charge in [0.25, 0.3) is 0 Å². The Hall–Kier alpha value is -6.00. The van der Waals surface area contributed by atoms with Crippen molar-refractivity contribution in [3.8, 4) is 0 Å². The first-order chi connectivity index (χ1) is 25.7. The van der Waals surface area contributed by atoms with Gasteiger partial charge in [-0.3, -0.25) is 4.79 Å². The van der Waals surface area contributed by atoms with Gasteiger partial charge in [0.1, 0.15) is 63.7 Å². The molecule has 0 aromatic carbocycles. The van der Waals surface area contributed by atoms with Crippen LogP contribution in [0.25, 0.3) is 0 Å². The number of carbonyl (C=O) groups is 8. The number of rotatable bonds is 30. The first-order valence-corrected chi connectivity index (χ1v) is 16.5. The molecule has 0 aliphatic rings. The maximum absolute atomic E-state index is 12.5. The van der Waals surface area contributed by atoms with Gasteiger partial charge in [0.15, 0.2) is 0 Å². The molecule has 0 aromatic rings. The Kier molecular flexibility index (Phi) is 24.6. The summed E-state index contributed by atoms with van der Waals surface area (Å²) in [4.78, 5) is 95.3. The molecule has 0 saturated heterocycles. The van der Waals surface area contributed by atoms with Crippen LogP contribution in [0.2, 0.25) is 0 Å². The second-order valence-corrected chi connectivity index (χ2v) is 11.6. The van der Waals surface area contributed by atoms with E-state index in [0.29, 0.717) is 32.1 Å². The summed E-state index contributed by atoms with van der Waals surface area (Å²) in [6.45, 7) is 16.5. The average molecular weight is 764 g/mol. The molecule has 0 rings (SSSR count). The van der Waals surface area contributed by atoms with Crippen molar-refractivity contribution in [2.75, 3.05) is 59.4 Å². The normalized spacial score (nSPS) is 10.5. The highest BCUT2D eigenvalue weighted by molar-refractivity contribution is 5.83. The number of amides is 1. The molecule has 0 aromatic heterocycles. The summed E-state index contributed by atoms with van der Waals surface area (Å²) in [6, 6.07) is 0. The van der Waals surface area contributed by atoms with Crippen molar-refractivity contribution in [3.63, 3.8) is 0 Å². The van der Waals surface area contributed by atoms with Crippen LogP contribution in [-0.4, -0.2) is 107 Å². The third kappa shape index (κ3) is 22.0. The Morgan fingerprint density at radius 1 is 0.389 bits per heavy atom. The minimum absolute atomic E-state index is 0.0279. The molecule has 298 valence electrons. The van der Waals surface area contributed by atoms with E-state index in [0.717, 1.165) is 36.5 Å². The van der Waals surface area contributed by atoms with Gasteiger partial charge in [0.05, 0.1) is 0 Å². The molecule has 1 N–H and O–H groups in total. The standard InChI is InChI=1S/C37H49NO16/c1-7-28(39)47-20-36(21-48-29(40)8-2,22-49-30(41)9-3)26-53-34(45)18-16-14-13-15-17-19-38-35(46)54-27-37(23-50-31(42)10-4,24-51-32(43)11-5)25-52-33(44)12-6/h7-12H,1-6,13-27H2,(H,38,46). The summed E-state index contributed by atoms with van der Waals surface area (Å²) in [5.74, 6) is -5.46. The van der Waals surface area contributed by atoms with E-state index in [1.165, 1.54) is 0 Å². The fourth-order valence-corrected chi connectivity index (χ4v) is 3.89. The largest absolute Gasteiger partial charge is 0.465 e. The summed E-state index contributed by atoms with van der Waals surface area (Å²) >= 11 is 0. The van der Waals surface area contributed by atoms with E-state index >= 15 is 0 Å². The summed E-state index contributed by atoms with van der Waals surface area (Å²) in [5, 5.41) is 2.57. The number of unbranched alkanes of at least 4 members (excludes halogenated alkanes) is 4. The molecule has 0 aliphatic heterocycles. The zero-order valence-corrected chi connectivity index (χ0v) is 30.3. The number of nitrogens with one attached hydrogen (secondary N) is 1. The van der Waals surface area contributed by atoms with E-state index in [2.05, 4.69) is 44.8 Å². The highest BCUT2D eigenvalue weighted by Crippen LogP contribution is 2.23. The second-order valence-electron chi connectivity index (χ2n) is 11.6. The van der Waals surface area contributed by atoms with Crippen molar-refractivity contribution in [3.05, 3.63) is 75.9 Å². The zero-order chi connectivity index (χ0) is 40.8. The topological polar surface area (TPSA) is 222 Å². The van der Waals surface area contributed by atoms with E-state index in [1.807, 2.05) is 0 Å². The number of hydrogen-bond donors (Lipinski definition) is 1. The smallest absolute Gasteiger partial charge is 0.407 e. The molecule has 0 unspecified atom stereocenters. The van der Waals surface area contributed by atoms with Crippen LogP contribution < -0.4 is 5.32 Å². The lowest BCUT2D eigenvalue weighted by Gasteiger charge is -2.31. The van der Waals surface area contributed by atoms with Gasteiger partial charge in [-0.1, -0.05) is 58.7 Å². The van der Waals surface area contributed by atoms with Gasteiger partial charge >= 0.3 is 47.9 Å². The van der Waals surface area contributed by atoms with E-state index < -0.39 is 112 Å². The molecule has 1 amide bonds. The number of carbonyl (C=O) groups excluding carboxylic acids is 8. The Morgan fingerprint density at radius 2 is 0.667 bits per heavy atom. The van der Waals surface area contributed by atoms with Crippen LogP contribution in [0.4, 0.5) is 4.79 Å². The molecule has 0 fully saturated rings. The predicted molar refractivity (Wildman–Crippen MR) is 190 cm³/mol. The molecule has 0 radical (unpaired) electrons. The van der Waals surface area contributed by atoms with Crippen molar-refractivity contribution in [2.45, 2.75) is 38.5 Å². The molecular formula is C37H49NO16. The minimum Gasteiger partial charge on any atom is -0.465 e. The van der Waals surface area contributed by atoms with Gasteiger partial charge in [-0.15, -0.1) is 0 Å². The minimum atomic E-state index is -1.47. The molecular weight excluding hydrogens is 714 g/mol. The first kappa shape index (κ1) is 48.0. The van der Waals surface area contributed by atoms with Crippen LogP contribution in [0, 0.1) is 10.8 Å². The summed E-state index contributed by atoms with van der Waals surface area (Å²) in [7, 11) is 0. The lowest BCUT2D eigenvalue weighted by atomic mass is 9.92. The Bertz CT molecular complexity index is 1150. The van der Waals surface area contributed by atoms with Crippen molar-refractivity contribution in [1.82, 2.24) is 5.32 Å². The van der Waals surface area contributed by atoms with Crippen molar-refractivity contribution < 1.29 is 76.3 Å². The van der Waals surface area contributed by atoms with Gasteiger partial charge in [-0.2, -0.15) is 0 Å². The van der Waals surface area contributed by atoms with Crippen LogP contribution in [0.15, 0.2) is 75.9 Å². The number of ether oxygens (including phenoxy) is 8. The van der Waals surface area contributed by atoms with Crippen molar-refractivity contribution in [2.24, 2.45) is 10.8 Å². The van der Waals surface area contributed by atoms with Gasteiger partial charge in [0.2, 0.25) is 0 Å². The third-order valence-corrected chi connectivity index (χ3v) is 7.00. The number of alkyl carbamates (subject to hydrolysis) is 1. The Morgan fingerprint density at radius 3 is 1.00 bits per heavy atom. The molecule has 0 saturated carbocycles. The lowest BCUT2D eigenvalue weighted by Crippen LogP contribution is -2.44. The second kappa shape index (κ2) is 27.6. The van der Waals surface area contributed by atoms with Crippen LogP contribution >= 0.6 is 0 Å². The average Bonchev–Trinajstić information content (AvgIpc) is 3.19. The van der Waals surface area contributed by atoms with E-state index in [-0.39, 0.29) is 13.0 Å². The molecule has 17 nitrogen and oxygen atoms in total. The van der Waals surface area contributed by atoms with Crippen LogP contribution in [0.3, 0.4) is 0 Å². The van der Waals surface area contributed by atoms with Crippen LogP contribution in [0.5, 0.6) is 0 Å². The molecule has 0 spiro atoms. The summed E-state index contributed by atoms with van der Waals surface area (Å²) < 4.78 is 41.2. The van der Waals surface area contributed by atoms with E-state index in [4.69, 9.17) is 37.9 Å². The summed E-state index contributed by atoms with van der Waals surface area (Å²) in [5.41, 5.74) is -2.90. The van der Waals surface area contributed by atoms with E-state index in [1.54, 1.807) is 0 Å². The molecule has 17 heteroatoms. The van der Waals surface area contributed by atoms with Gasteiger partial charge in [0, 0.05) is 49.4 Å². The maximum Gasteiger partial charge on any atom is 0.407 e. The van der Waals surface area contributed by atoms with Gasteiger partial charge in [-0.05, 0) is 12.8 Å². The molecule has 0 bridgehead atoms. The predicted octanol–water partition coefficient (Wildman–Crippen LogP) is 2.94. The Balaban J connectivity index is 4.97. The molecule has 0 atom stereocenters. The number of esters is 7. The molecule has 0 heterocycles. The zero-order valence-electron chi connectivity index (χ0n) is 30.3. The lowest BCUT2D eigenvalue weighted by molar-refractivity contribution is -0.167. The summed E-state index contributed by atoms with van der Waals surface area (Å²) in [6.07, 6.45) is 7.61. The van der Waals surface area contributed by atoms with Gasteiger partial charge < -0.3 is 43.2 Å². The number of hydrogen-bond acceptors (Lipinski definition) is 16. The third-order valence-electron chi connectivity index (χ3n) is 7.00. The SMILES string of the molecule is C=CC(=O)OCC(COC(=O)C=C)(COC(=O)C=C)COC(=O)CCCCCCCNC(=O)OCC(COC(=O)C=C)(COC(=O)C=C)COC(=O)C=C. The van der Waals surface area contributed by atoms with Gasteiger partial charge in [-0.25, -0.2) is 33.6 Å². The van der Waals surface area contributed by atoms with Crippen molar-refractivity contribution in [1.29, 1.82) is 0 Å². The van der Waals surface area contributed by atoms with E-state index in [9.17, 15) is 38.4 Å². The van der Waals surface area contributed by atoms with Crippen molar-refractivity contribution >= 4 is 47.9 Å². The van der Waals surface area contributed by atoms with Crippen LogP contribution in [0.1, 0.15) is 38.5 Å². The molecule has 0 aliphatic carbocycles. The fraction of sp³-hybridized carbons (Fsp3) is 0.459. The first-order valence-electron chi connectivity index (χ1n) is 16.5. The van der Waals surface area contributed by atoms with Crippen LogP contribution in [-0.2, 0) is 71.5 Å².